The van der Waals surface area contributed by atoms with Crippen molar-refractivity contribution in [1.82, 2.24) is 0 Å². The third-order valence-corrected chi connectivity index (χ3v) is 1.06. The van der Waals surface area contributed by atoms with Crippen LogP contribution in [0.4, 0.5) is 0 Å². The van der Waals surface area contributed by atoms with E-state index >= 15 is 0 Å². The summed E-state index contributed by atoms with van der Waals surface area (Å²) in [7, 11) is 0. The Balaban J connectivity index is 2.42. The molecule has 1 aliphatic heterocycles. The van der Waals surface area contributed by atoms with E-state index in [0.717, 1.165) is 19.3 Å². The number of carbonyl (C=O) groups is 1. The molecule has 0 fully saturated rings. The standard InChI is InChI=1S/C5H7NO/c7-4-5-1-2-6-3-5/h3-5H,1-2H2. The molecule has 1 unspecified atom stereocenters. The summed E-state index contributed by atoms with van der Waals surface area (Å²) in [6, 6.07) is 0. The van der Waals surface area contributed by atoms with Crippen molar-refractivity contribution in [3.8, 4) is 0 Å². The number of aliphatic imine (C=N–C) groups is 1. The Morgan fingerprint density at radius 3 is 3.00 bits per heavy atom. The second-order valence-electron chi connectivity index (χ2n) is 1.64. The molecule has 1 heterocycles. The normalized spacial score (nSPS) is 28.3. The van der Waals surface area contributed by atoms with Crippen LogP contribution in [0, 0.1) is 5.92 Å². The minimum atomic E-state index is 0.125. The first kappa shape index (κ1) is 4.50. The van der Waals surface area contributed by atoms with Gasteiger partial charge in [0.25, 0.3) is 0 Å². The molecular weight excluding hydrogens is 90.1 g/mol. The lowest BCUT2D eigenvalue weighted by Crippen LogP contribution is -1.96. The number of rotatable bonds is 1. The van der Waals surface area contributed by atoms with E-state index in [1.807, 2.05) is 0 Å². The van der Waals surface area contributed by atoms with Crippen LogP contribution < -0.4 is 0 Å². The Labute approximate surface area is 42.3 Å². The van der Waals surface area contributed by atoms with Crippen molar-refractivity contribution in [3.05, 3.63) is 0 Å². The highest BCUT2D eigenvalue weighted by molar-refractivity contribution is 5.81. The SMILES string of the molecule is O=CC1C=NCC1. The summed E-state index contributed by atoms with van der Waals surface area (Å²) in [5.74, 6) is 0.125. The zero-order valence-corrected chi connectivity index (χ0v) is 4.00. The van der Waals surface area contributed by atoms with Crippen molar-refractivity contribution < 1.29 is 4.79 Å². The quantitative estimate of drug-likeness (QED) is 0.432. The molecule has 0 aromatic rings. The van der Waals surface area contributed by atoms with Gasteiger partial charge in [0.15, 0.2) is 0 Å². The average molecular weight is 97.1 g/mol. The molecular formula is C5H7NO. The van der Waals surface area contributed by atoms with Gasteiger partial charge < -0.3 is 4.79 Å². The topological polar surface area (TPSA) is 29.4 Å². The Morgan fingerprint density at radius 1 is 1.86 bits per heavy atom. The molecule has 0 aliphatic carbocycles. The highest BCUT2D eigenvalue weighted by Gasteiger charge is 2.06. The zero-order valence-electron chi connectivity index (χ0n) is 4.00. The van der Waals surface area contributed by atoms with Gasteiger partial charge in [-0.15, -0.1) is 0 Å². The fraction of sp³-hybridized carbons (Fsp3) is 0.600. The molecule has 0 saturated heterocycles. The summed E-state index contributed by atoms with van der Waals surface area (Å²) in [6.45, 7) is 0.837. The first-order valence-corrected chi connectivity index (χ1v) is 2.39. The predicted octanol–water partition coefficient (Wildman–Crippen LogP) is 0.276. The van der Waals surface area contributed by atoms with E-state index in [1.165, 1.54) is 0 Å². The predicted molar refractivity (Wildman–Crippen MR) is 27.5 cm³/mol. The molecule has 0 N–H and O–H groups in total. The molecule has 0 bridgehead atoms. The lowest BCUT2D eigenvalue weighted by atomic mass is 10.2. The molecule has 38 valence electrons. The van der Waals surface area contributed by atoms with Gasteiger partial charge in [0.05, 0.1) is 5.92 Å². The van der Waals surface area contributed by atoms with Crippen molar-refractivity contribution >= 4 is 12.5 Å². The zero-order chi connectivity index (χ0) is 5.11. The van der Waals surface area contributed by atoms with Gasteiger partial charge in [-0.1, -0.05) is 0 Å². The van der Waals surface area contributed by atoms with Crippen LogP contribution in [0.2, 0.25) is 0 Å². The van der Waals surface area contributed by atoms with Gasteiger partial charge in [0.2, 0.25) is 0 Å². The van der Waals surface area contributed by atoms with Crippen molar-refractivity contribution in [2.24, 2.45) is 10.9 Å². The summed E-state index contributed by atoms with van der Waals surface area (Å²) in [5.41, 5.74) is 0. The highest BCUT2D eigenvalue weighted by atomic mass is 16.1. The van der Waals surface area contributed by atoms with Crippen LogP contribution in [-0.2, 0) is 4.79 Å². The molecule has 7 heavy (non-hydrogen) atoms. The molecule has 0 aromatic heterocycles. The second-order valence-corrected chi connectivity index (χ2v) is 1.64. The molecule has 0 spiro atoms. The third kappa shape index (κ3) is 0.856. The molecule has 1 aliphatic rings. The molecule has 0 saturated carbocycles. The molecule has 0 aromatic carbocycles. The van der Waals surface area contributed by atoms with Gasteiger partial charge in [-0.2, -0.15) is 0 Å². The Kier molecular flexibility index (Phi) is 1.20. The molecule has 2 nitrogen and oxygen atoms in total. The molecule has 1 atom stereocenters. The molecule has 1 rings (SSSR count). The third-order valence-electron chi connectivity index (χ3n) is 1.06. The van der Waals surface area contributed by atoms with Gasteiger partial charge in [0.1, 0.15) is 6.29 Å². The minimum Gasteiger partial charge on any atom is -0.303 e. The lowest BCUT2D eigenvalue weighted by Gasteiger charge is -1.85. The number of hydrogen-bond acceptors (Lipinski definition) is 2. The molecule has 0 amide bonds. The van der Waals surface area contributed by atoms with Crippen LogP contribution in [0.15, 0.2) is 4.99 Å². The van der Waals surface area contributed by atoms with Crippen LogP contribution in [0.25, 0.3) is 0 Å². The first-order valence-electron chi connectivity index (χ1n) is 2.39. The maximum absolute atomic E-state index is 9.92. The fourth-order valence-electron chi connectivity index (χ4n) is 0.611. The van der Waals surface area contributed by atoms with Crippen LogP contribution in [0.1, 0.15) is 6.42 Å². The highest BCUT2D eigenvalue weighted by Crippen LogP contribution is 2.02. The van der Waals surface area contributed by atoms with E-state index in [9.17, 15) is 4.79 Å². The van der Waals surface area contributed by atoms with Crippen LogP contribution >= 0.6 is 0 Å². The average Bonchev–Trinajstić information content (AvgIpc) is 2.14. The van der Waals surface area contributed by atoms with E-state index in [4.69, 9.17) is 0 Å². The van der Waals surface area contributed by atoms with E-state index in [-0.39, 0.29) is 5.92 Å². The maximum Gasteiger partial charge on any atom is 0.128 e. The van der Waals surface area contributed by atoms with Gasteiger partial charge >= 0.3 is 0 Å². The number of carbonyl (C=O) groups excluding carboxylic acids is 1. The van der Waals surface area contributed by atoms with E-state index in [2.05, 4.69) is 4.99 Å². The van der Waals surface area contributed by atoms with Crippen LogP contribution in [0.3, 0.4) is 0 Å². The molecule has 2 heteroatoms. The van der Waals surface area contributed by atoms with Crippen molar-refractivity contribution in [3.63, 3.8) is 0 Å². The van der Waals surface area contributed by atoms with E-state index < -0.39 is 0 Å². The smallest absolute Gasteiger partial charge is 0.128 e. The van der Waals surface area contributed by atoms with Crippen LogP contribution in [-0.4, -0.2) is 19.0 Å². The van der Waals surface area contributed by atoms with Gasteiger partial charge in [-0.25, -0.2) is 0 Å². The fourth-order valence-corrected chi connectivity index (χ4v) is 0.611. The van der Waals surface area contributed by atoms with Crippen molar-refractivity contribution in [2.45, 2.75) is 6.42 Å². The summed E-state index contributed by atoms with van der Waals surface area (Å²) >= 11 is 0. The monoisotopic (exact) mass is 97.1 g/mol. The van der Waals surface area contributed by atoms with Crippen molar-refractivity contribution in [2.75, 3.05) is 6.54 Å². The first-order chi connectivity index (χ1) is 3.43. The van der Waals surface area contributed by atoms with E-state index in [0.29, 0.717) is 0 Å². The van der Waals surface area contributed by atoms with Gasteiger partial charge in [0, 0.05) is 12.8 Å². The van der Waals surface area contributed by atoms with Crippen molar-refractivity contribution in [1.29, 1.82) is 0 Å². The number of nitrogens with zero attached hydrogens (tertiary/aromatic N) is 1. The van der Waals surface area contributed by atoms with E-state index in [1.54, 1.807) is 6.21 Å². The Morgan fingerprint density at radius 2 is 2.71 bits per heavy atom. The minimum absolute atomic E-state index is 0.125. The summed E-state index contributed by atoms with van der Waals surface area (Å²) in [4.78, 5) is 13.8. The summed E-state index contributed by atoms with van der Waals surface area (Å²) < 4.78 is 0. The second kappa shape index (κ2) is 1.87. The largest absolute Gasteiger partial charge is 0.303 e. The van der Waals surface area contributed by atoms with Gasteiger partial charge in [-0.05, 0) is 6.42 Å². The Bertz CT molecular complexity index is 98.3. The summed E-state index contributed by atoms with van der Waals surface area (Å²) in [6.07, 6.45) is 3.58. The number of aldehydes is 1. The van der Waals surface area contributed by atoms with Gasteiger partial charge in [-0.3, -0.25) is 4.99 Å². The number of hydrogen-bond donors (Lipinski definition) is 0. The molecule has 0 radical (unpaired) electrons. The van der Waals surface area contributed by atoms with Crippen LogP contribution in [0.5, 0.6) is 0 Å². The lowest BCUT2D eigenvalue weighted by molar-refractivity contribution is -0.109. The Hall–Kier alpha value is -0.660. The maximum atomic E-state index is 9.92. The summed E-state index contributed by atoms with van der Waals surface area (Å²) in [5, 5.41) is 0.